The van der Waals surface area contributed by atoms with Gasteiger partial charge in [-0.2, -0.15) is 0 Å². The van der Waals surface area contributed by atoms with Gasteiger partial charge < -0.3 is 14.1 Å². The predicted molar refractivity (Wildman–Crippen MR) is 109 cm³/mol. The number of aromatic nitrogens is 1. The number of fused-ring (bicyclic) bond motifs is 1. The van der Waals surface area contributed by atoms with Crippen LogP contribution in [0.2, 0.25) is 0 Å². The third kappa shape index (κ3) is 4.22. The van der Waals surface area contributed by atoms with E-state index in [9.17, 15) is 9.59 Å². The molecule has 0 radical (unpaired) electrons. The maximum Gasteiger partial charge on any atom is 0.253 e. The summed E-state index contributed by atoms with van der Waals surface area (Å²) in [5, 5.41) is 0. The lowest BCUT2D eigenvalue weighted by molar-refractivity contribution is 0.0650. The number of benzene rings is 2. The van der Waals surface area contributed by atoms with Gasteiger partial charge in [0, 0.05) is 43.7 Å². The van der Waals surface area contributed by atoms with Crippen molar-refractivity contribution in [3.8, 4) is 0 Å². The maximum absolute atomic E-state index is 12.9. The Kier molecular flexibility index (Phi) is 5.71. The molecule has 1 amide bonds. The normalized spacial score (nSPS) is 15.0. The van der Waals surface area contributed by atoms with E-state index in [1.807, 2.05) is 41.3 Å². The second-order valence-electron chi connectivity index (χ2n) is 7.33. The number of ketones is 1. The molecule has 0 N–H and O–H groups in total. The fourth-order valence-corrected chi connectivity index (χ4v) is 3.77. The lowest BCUT2D eigenvalue weighted by Crippen LogP contribution is -2.40. The minimum atomic E-state index is -0.0349. The predicted octanol–water partition coefficient (Wildman–Crippen LogP) is 3.75. The zero-order valence-corrected chi connectivity index (χ0v) is 16.5. The van der Waals surface area contributed by atoms with Crippen LogP contribution in [-0.4, -0.2) is 48.4 Å². The van der Waals surface area contributed by atoms with E-state index in [1.54, 1.807) is 19.2 Å². The number of carbonyl (C=O) groups excluding carboxylic acids is 2. The zero-order chi connectivity index (χ0) is 20.2. The fraction of sp³-hybridized carbons (Fsp3) is 0.348. The van der Waals surface area contributed by atoms with Crippen molar-refractivity contribution in [2.24, 2.45) is 5.92 Å². The first-order valence-corrected chi connectivity index (χ1v) is 9.92. The molecule has 6 heteroatoms. The van der Waals surface area contributed by atoms with E-state index >= 15 is 0 Å². The highest BCUT2D eigenvalue weighted by atomic mass is 16.5. The van der Waals surface area contributed by atoms with Gasteiger partial charge in [-0.3, -0.25) is 9.59 Å². The molecule has 0 atom stereocenters. The van der Waals surface area contributed by atoms with E-state index in [0.29, 0.717) is 56.0 Å². The Bertz CT molecular complexity index is 1000. The van der Waals surface area contributed by atoms with Crippen LogP contribution in [0.15, 0.2) is 52.9 Å². The average Bonchev–Trinajstić information content (AvgIpc) is 3.19. The number of rotatable bonds is 6. The zero-order valence-electron chi connectivity index (χ0n) is 16.5. The van der Waals surface area contributed by atoms with Crippen LogP contribution in [-0.2, 0) is 11.2 Å². The summed E-state index contributed by atoms with van der Waals surface area (Å²) in [5.41, 5.74) is 2.67. The van der Waals surface area contributed by atoms with Crippen molar-refractivity contribution in [2.75, 3.05) is 26.8 Å². The summed E-state index contributed by atoms with van der Waals surface area (Å²) in [7, 11) is 1.63. The number of Topliss-reactive ketones (excluding diaryl/α,β-unsaturated/α-hetero) is 1. The average molecular weight is 392 g/mol. The van der Waals surface area contributed by atoms with E-state index in [2.05, 4.69) is 4.98 Å². The molecule has 1 fully saturated rings. The van der Waals surface area contributed by atoms with Gasteiger partial charge in [0.05, 0.1) is 6.61 Å². The van der Waals surface area contributed by atoms with E-state index < -0.39 is 0 Å². The Morgan fingerprint density at radius 2 is 1.86 bits per heavy atom. The van der Waals surface area contributed by atoms with Crippen LogP contribution in [0.1, 0.15) is 39.4 Å². The van der Waals surface area contributed by atoms with Gasteiger partial charge in [0.1, 0.15) is 5.52 Å². The lowest BCUT2D eigenvalue weighted by atomic mass is 9.88. The topological polar surface area (TPSA) is 72.6 Å². The van der Waals surface area contributed by atoms with Gasteiger partial charge in [0.2, 0.25) is 0 Å². The Morgan fingerprint density at radius 3 is 2.59 bits per heavy atom. The summed E-state index contributed by atoms with van der Waals surface area (Å²) in [6.07, 6.45) is 1.97. The van der Waals surface area contributed by atoms with Crippen molar-refractivity contribution in [2.45, 2.75) is 19.3 Å². The van der Waals surface area contributed by atoms with Crippen LogP contribution >= 0.6 is 0 Å². The number of carbonyl (C=O) groups is 2. The Morgan fingerprint density at radius 1 is 1.10 bits per heavy atom. The minimum Gasteiger partial charge on any atom is -0.441 e. The second kappa shape index (κ2) is 8.57. The van der Waals surface area contributed by atoms with Crippen LogP contribution < -0.4 is 0 Å². The number of methoxy groups -OCH3 is 1. The van der Waals surface area contributed by atoms with Gasteiger partial charge in [0.25, 0.3) is 5.91 Å². The molecule has 2 aromatic carbocycles. The Labute approximate surface area is 169 Å². The molecule has 29 heavy (non-hydrogen) atoms. The van der Waals surface area contributed by atoms with Crippen molar-refractivity contribution in [1.82, 2.24) is 9.88 Å². The van der Waals surface area contributed by atoms with Crippen LogP contribution in [0, 0.1) is 5.92 Å². The summed E-state index contributed by atoms with van der Waals surface area (Å²) in [6, 6.07) is 14.7. The molecular formula is C23H24N2O4. The van der Waals surface area contributed by atoms with E-state index in [1.165, 1.54) is 0 Å². The van der Waals surface area contributed by atoms with E-state index in [-0.39, 0.29) is 17.6 Å². The number of oxazole rings is 1. The van der Waals surface area contributed by atoms with Crippen molar-refractivity contribution in [3.63, 3.8) is 0 Å². The number of ether oxygens (including phenoxy) is 1. The van der Waals surface area contributed by atoms with Crippen molar-refractivity contribution >= 4 is 22.8 Å². The molecule has 2 heterocycles. The monoisotopic (exact) mass is 392 g/mol. The van der Waals surface area contributed by atoms with Crippen molar-refractivity contribution in [1.29, 1.82) is 0 Å². The molecular weight excluding hydrogens is 368 g/mol. The Hall–Kier alpha value is -2.99. The first-order valence-electron chi connectivity index (χ1n) is 9.92. The fourth-order valence-electron chi connectivity index (χ4n) is 3.77. The molecule has 1 aromatic heterocycles. The number of nitrogens with zero attached hydrogens (tertiary/aromatic N) is 2. The molecule has 4 rings (SSSR count). The smallest absolute Gasteiger partial charge is 0.253 e. The molecule has 150 valence electrons. The molecule has 1 aliphatic heterocycles. The van der Waals surface area contributed by atoms with Crippen LogP contribution in [0.25, 0.3) is 11.1 Å². The van der Waals surface area contributed by atoms with Gasteiger partial charge in [-0.1, -0.05) is 30.3 Å². The second-order valence-corrected chi connectivity index (χ2v) is 7.33. The first-order chi connectivity index (χ1) is 14.2. The van der Waals surface area contributed by atoms with E-state index in [4.69, 9.17) is 9.15 Å². The molecule has 0 unspecified atom stereocenters. The van der Waals surface area contributed by atoms with Gasteiger partial charge in [-0.15, -0.1) is 0 Å². The van der Waals surface area contributed by atoms with Gasteiger partial charge in [-0.05, 0) is 31.0 Å². The quantitative estimate of drug-likeness (QED) is 0.598. The molecule has 6 nitrogen and oxygen atoms in total. The SMILES string of the molecule is COCCc1nc2ccc(C(=O)N3CCC(C(=O)c4ccccc4)CC3)cc2o1. The number of amides is 1. The van der Waals surface area contributed by atoms with Crippen LogP contribution in [0.4, 0.5) is 0 Å². The molecule has 1 saturated heterocycles. The molecule has 3 aromatic rings. The number of likely N-dealkylation sites (tertiary alicyclic amines) is 1. The van der Waals surface area contributed by atoms with Gasteiger partial charge in [-0.25, -0.2) is 4.98 Å². The highest BCUT2D eigenvalue weighted by Crippen LogP contribution is 2.24. The summed E-state index contributed by atoms with van der Waals surface area (Å²) in [5.74, 6) is 0.713. The Balaban J connectivity index is 1.41. The summed E-state index contributed by atoms with van der Waals surface area (Å²) >= 11 is 0. The van der Waals surface area contributed by atoms with Crippen molar-refractivity contribution in [3.05, 3.63) is 65.5 Å². The summed E-state index contributed by atoms with van der Waals surface area (Å²) in [4.78, 5) is 31.8. The van der Waals surface area contributed by atoms with E-state index in [0.717, 1.165) is 11.1 Å². The highest BCUT2D eigenvalue weighted by Gasteiger charge is 2.28. The summed E-state index contributed by atoms with van der Waals surface area (Å²) in [6.45, 7) is 1.69. The number of piperidine rings is 1. The third-order valence-electron chi connectivity index (χ3n) is 5.41. The van der Waals surface area contributed by atoms with Crippen LogP contribution in [0.3, 0.4) is 0 Å². The third-order valence-corrected chi connectivity index (χ3v) is 5.41. The first kappa shape index (κ1) is 19.3. The molecule has 0 aliphatic carbocycles. The summed E-state index contributed by atoms with van der Waals surface area (Å²) < 4.78 is 10.8. The maximum atomic E-state index is 12.9. The van der Waals surface area contributed by atoms with Crippen molar-refractivity contribution < 1.29 is 18.7 Å². The lowest BCUT2D eigenvalue weighted by Gasteiger charge is -2.31. The highest BCUT2D eigenvalue weighted by molar-refractivity contribution is 5.99. The largest absolute Gasteiger partial charge is 0.441 e. The standard InChI is InChI=1S/C23H24N2O4/c1-28-14-11-21-24-19-8-7-18(15-20(19)29-21)23(27)25-12-9-17(10-13-25)22(26)16-5-3-2-4-6-16/h2-8,15,17H,9-14H2,1H3. The van der Waals surface area contributed by atoms with Gasteiger partial charge >= 0.3 is 0 Å². The van der Waals surface area contributed by atoms with Crippen LogP contribution in [0.5, 0.6) is 0 Å². The van der Waals surface area contributed by atoms with Gasteiger partial charge in [0.15, 0.2) is 17.3 Å². The number of hydrogen-bond acceptors (Lipinski definition) is 5. The molecule has 0 saturated carbocycles. The minimum absolute atomic E-state index is 0.0263. The molecule has 1 aliphatic rings. The molecule has 0 bridgehead atoms. The number of hydrogen-bond donors (Lipinski definition) is 0. The molecule has 0 spiro atoms.